The second kappa shape index (κ2) is 4.55. The molecule has 0 aromatic rings. The summed E-state index contributed by atoms with van der Waals surface area (Å²) in [6.07, 6.45) is 0.581. The highest BCUT2D eigenvalue weighted by molar-refractivity contribution is 5.92. The monoisotopic (exact) mass is 199 g/mol. The van der Waals surface area contributed by atoms with Gasteiger partial charge in [-0.05, 0) is 13.3 Å². The number of carbonyl (C=O) groups excluding carboxylic acids is 2. The number of ketones is 1. The van der Waals surface area contributed by atoms with Crippen LogP contribution in [0.25, 0.3) is 0 Å². The summed E-state index contributed by atoms with van der Waals surface area (Å²) < 4.78 is 5.13. The molecule has 1 N–H and O–H groups in total. The van der Waals surface area contributed by atoms with E-state index in [1.807, 2.05) is 13.8 Å². The van der Waals surface area contributed by atoms with Crippen LogP contribution < -0.4 is 5.32 Å². The van der Waals surface area contributed by atoms with Gasteiger partial charge < -0.3 is 10.1 Å². The van der Waals surface area contributed by atoms with Crippen LogP contribution in [0.3, 0.4) is 0 Å². The zero-order valence-electron chi connectivity index (χ0n) is 8.87. The van der Waals surface area contributed by atoms with Crippen molar-refractivity contribution in [2.75, 3.05) is 6.61 Å². The van der Waals surface area contributed by atoms with Crippen molar-refractivity contribution in [3.05, 3.63) is 0 Å². The molecule has 0 bridgehead atoms. The summed E-state index contributed by atoms with van der Waals surface area (Å²) >= 11 is 0. The summed E-state index contributed by atoms with van der Waals surface area (Å²) in [6, 6.07) is -0.448. The number of amides is 1. The van der Waals surface area contributed by atoms with Crippen LogP contribution in [0, 0.1) is 5.92 Å². The molecule has 0 aliphatic carbocycles. The highest BCUT2D eigenvalue weighted by Crippen LogP contribution is 2.11. The summed E-state index contributed by atoms with van der Waals surface area (Å²) in [5.74, 6) is -0.145. The second-order valence-corrected chi connectivity index (χ2v) is 3.78. The van der Waals surface area contributed by atoms with Crippen LogP contribution in [0.2, 0.25) is 0 Å². The van der Waals surface area contributed by atoms with Gasteiger partial charge in [0.15, 0.2) is 5.78 Å². The van der Waals surface area contributed by atoms with Crippen LogP contribution in [-0.4, -0.2) is 30.4 Å². The van der Waals surface area contributed by atoms with Gasteiger partial charge in [-0.15, -0.1) is 0 Å². The van der Waals surface area contributed by atoms with E-state index >= 15 is 0 Å². The van der Waals surface area contributed by atoms with Crippen LogP contribution in [0.15, 0.2) is 0 Å². The molecule has 1 rings (SSSR count). The summed E-state index contributed by atoms with van der Waals surface area (Å²) in [5.41, 5.74) is 0. The van der Waals surface area contributed by atoms with Gasteiger partial charge in [0.25, 0.3) is 0 Å². The topological polar surface area (TPSA) is 55.4 Å². The Morgan fingerprint density at radius 1 is 1.71 bits per heavy atom. The number of ether oxygens (including phenoxy) is 1. The maximum Gasteiger partial charge on any atom is 0.223 e. The fourth-order valence-corrected chi connectivity index (χ4v) is 1.34. The normalized spacial score (nSPS) is 28.9. The molecule has 4 heteroatoms. The van der Waals surface area contributed by atoms with E-state index in [9.17, 15) is 9.59 Å². The Morgan fingerprint density at radius 2 is 2.36 bits per heavy atom. The average molecular weight is 199 g/mol. The minimum atomic E-state index is -0.448. The Kier molecular flexibility index (Phi) is 3.63. The van der Waals surface area contributed by atoms with Crippen LogP contribution in [0.5, 0.6) is 0 Å². The predicted molar refractivity (Wildman–Crippen MR) is 51.8 cm³/mol. The van der Waals surface area contributed by atoms with Crippen molar-refractivity contribution in [2.45, 2.75) is 39.3 Å². The van der Waals surface area contributed by atoms with Gasteiger partial charge in [0.05, 0.1) is 6.10 Å². The molecule has 1 saturated heterocycles. The molecular weight excluding hydrogens is 182 g/mol. The molecule has 80 valence electrons. The first-order valence-corrected chi connectivity index (χ1v) is 5.01. The lowest BCUT2D eigenvalue weighted by Gasteiger charge is -2.17. The quantitative estimate of drug-likeness (QED) is 0.720. The molecule has 0 aromatic heterocycles. The third-order valence-electron chi connectivity index (χ3n) is 2.66. The Bertz CT molecular complexity index is 240. The van der Waals surface area contributed by atoms with E-state index in [4.69, 9.17) is 4.74 Å². The molecule has 0 saturated carbocycles. The van der Waals surface area contributed by atoms with Gasteiger partial charge in [-0.1, -0.05) is 13.8 Å². The van der Waals surface area contributed by atoms with Crippen LogP contribution in [-0.2, 0) is 14.3 Å². The molecule has 0 radical (unpaired) electrons. The van der Waals surface area contributed by atoms with E-state index in [0.29, 0.717) is 0 Å². The fourth-order valence-electron chi connectivity index (χ4n) is 1.34. The lowest BCUT2D eigenvalue weighted by molar-refractivity contribution is -0.128. The van der Waals surface area contributed by atoms with Crippen LogP contribution in [0.1, 0.15) is 27.2 Å². The molecule has 0 aromatic carbocycles. The van der Waals surface area contributed by atoms with Gasteiger partial charge in [-0.25, -0.2) is 0 Å². The zero-order valence-corrected chi connectivity index (χ0v) is 8.87. The molecule has 1 fully saturated rings. The van der Waals surface area contributed by atoms with Crippen LogP contribution >= 0.6 is 0 Å². The van der Waals surface area contributed by atoms with Gasteiger partial charge in [0.2, 0.25) is 5.91 Å². The van der Waals surface area contributed by atoms with E-state index in [2.05, 4.69) is 5.32 Å². The number of rotatable bonds is 3. The van der Waals surface area contributed by atoms with Crippen molar-refractivity contribution in [3.8, 4) is 0 Å². The summed E-state index contributed by atoms with van der Waals surface area (Å²) in [4.78, 5) is 22.8. The Morgan fingerprint density at radius 3 is 2.79 bits per heavy atom. The number of nitrogens with one attached hydrogen (secondary N) is 1. The Labute approximate surface area is 84.0 Å². The number of carbonyl (C=O) groups is 2. The van der Waals surface area contributed by atoms with Gasteiger partial charge >= 0.3 is 0 Å². The van der Waals surface area contributed by atoms with E-state index in [1.165, 1.54) is 0 Å². The fraction of sp³-hybridized carbons (Fsp3) is 0.800. The molecule has 3 atom stereocenters. The molecule has 14 heavy (non-hydrogen) atoms. The minimum Gasteiger partial charge on any atom is -0.368 e. The lowest BCUT2D eigenvalue weighted by atomic mass is 10.1. The van der Waals surface area contributed by atoms with Crippen molar-refractivity contribution in [3.63, 3.8) is 0 Å². The van der Waals surface area contributed by atoms with E-state index in [1.54, 1.807) is 6.92 Å². The average Bonchev–Trinajstić information content (AvgIpc) is 2.48. The highest BCUT2D eigenvalue weighted by Gasteiger charge is 2.34. The first kappa shape index (κ1) is 11.2. The molecule has 1 aliphatic rings. The lowest BCUT2D eigenvalue weighted by Crippen LogP contribution is -2.45. The zero-order chi connectivity index (χ0) is 10.7. The molecule has 1 heterocycles. The second-order valence-electron chi connectivity index (χ2n) is 3.78. The summed E-state index contributed by atoms with van der Waals surface area (Å²) in [5, 5.41) is 2.72. The maximum atomic E-state index is 11.5. The third-order valence-corrected chi connectivity index (χ3v) is 2.66. The molecule has 1 amide bonds. The van der Waals surface area contributed by atoms with Crippen molar-refractivity contribution >= 4 is 11.7 Å². The molecular formula is C10H17NO3. The first-order valence-electron chi connectivity index (χ1n) is 5.01. The third kappa shape index (κ3) is 2.32. The van der Waals surface area contributed by atoms with Gasteiger partial charge in [-0.2, -0.15) is 0 Å². The minimum absolute atomic E-state index is 0.0332. The van der Waals surface area contributed by atoms with Crippen molar-refractivity contribution in [2.24, 2.45) is 5.92 Å². The standard InChI is InChI=1S/C10H17NO3/c1-4-6(2)10(13)11-9-7(3)14-5-8(9)12/h6-7,9H,4-5H2,1-3H3,(H,11,13)/t6-,7?,9?/m0/s1. The molecule has 2 unspecified atom stereocenters. The van der Waals surface area contributed by atoms with Crippen molar-refractivity contribution < 1.29 is 14.3 Å². The predicted octanol–water partition coefficient (Wildman–Crippen LogP) is 0.505. The highest BCUT2D eigenvalue weighted by atomic mass is 16.5. The maximum absolute atomic E-state index is 11.5. The Balaban J connectivity index is 2.51. The summed E-state index contributed by atoms with van der Waals surface area (Å²) in [6.45, 7) is 5.71. The number of Topliss-reactive ketones (excluding diaryl/α,β-unsaturated/α-hetero) is 1. The van der Waals surface area contributed by atoms with E-state index in [-0.39, 0.29) is 30.3 Å². The number of hydrogen-bond acceptors (Lipinski definition) is 3. The molecule has 1 aliphatic heterocycles. The summed E-state index contributed by atoms with van der Waals surface area (Å²) in [7, 11) is 0. The van der Waals surface area contributed by atoms with Gasteiger partial charge in [0.1, 0.15) is 12.6 Å². The van der Waals surface area contributed by atoms with Crippen LogP contribution in [0.4, 0.5) is 0 Å². The molecule has 4 nitrogen and oxygen atoms in total. The SMILES string of the molecule is CC[C@H](C)C(=O)NC1C(=O)COC1C. The Hall–Kier alpha value is -0.900. The van der Waals surface area contributed by atoms with E-state index < -0.39 is 6.04 Å². The molecule has 0 spiro atoms. The van der Waals surface area contributed by atoms with E-state index in [0.717, 1.165) is 6.42 Å². The van der Waals surface area contributed by atoms with Gasteiger partial charge in [0, 0.05) is 5.92 Å². The van der Waals surface area contributed by atoms with Crippen molar-refractivity contribution in [1.82, 2.24) is 5.32 Å². The van der Waals surface area contributed by atoms with Crippen molar-refractivity contribution in [1.29, 1.82) is 0 Å². The largest absolute Gasteiger partial charge is 0.368 e. The smallest absolute Gasteiger partial charge is 0.223 e. The van der Waals surface area contributed by atoms with Gasteiger partial charge in [-0.3, -0.25) is 9.59 Å². The number of hydrogen-bond donors (Lipinski definition) is 1. The first-order chi connectivity index (χ1) is 6.56.